The molecule has 0 heterocycles. The van der Waals surface area contributed by atoms with Crippen molar-refractivity contribution in [2.24, 2.45) is 5.41 Å². The van der Waals surface area contributed by atoms with E-state index in [1.807, 2.05) is 0 Å². The van der Waals surface area contributed by atoms with Gasteiger partial charge in [-0.1, -0.05) is 20.8 Å². The van der Waals surface area contributed by atoms with Gasteiger partial charge in [0.15, 0.2) is 0 Å². The Balaban J connectivity index is 4.43. The van der Waals surface area contributed by atoms with Crippen LogP contribution < -0.4 is 10.6 Å². The first-order valence-corrected chi connectivity index (χ1v) is 10.1. The molecule has 0 aliphatic heterocycles. The van der Waals surface area contributed by atoms with Crippen molar-refractivity contribution in [3.63, 3.8) is 0 Å². The van der Waals surface area contributed by atoms with Gasteiger partial charge in [0.05, 0.1) is 6.54 Å². The Labute approximate surface area is 139 Å². The number of aliphatic hydroxyl groups is 1. The van der Waals surface area contributed by atoms with Gasteiger partial charge in [0, 0.05) is 18.4 Å². The molecule has 0 aromatic rings. The van der Waals surface area contributed by atoms with Crippen molar-refractivity contribution in [2.75, 3.05) is 13.1 Å². The van der Waals surface area contributed by atoms with E-state index < -0.39 is 38.0 Å². The Bertz CT molecular complexity index is 538. The monoisotopic (exact) mass is 390 g/mol. The summed E-state index contributed by atoms with van der Waals surface area (Å²) in [6.45, 7) is 4.45. The van der Waals surface area contributed by atoms with Gasteiger partial charge in [-0.15, -0.1) is 0 Å². The lowest BCUT2D eigenvalue weighted by molar-refractivity contribution is -0.131. The smallest absolute Gasteiger partial charge is 0.368 e. The van der Waals surface area contributed by atoms with Gasteiger partial charge in [0.25, 0.3) is 5.08 Å². The molecule has 2 amide bonds. The van der Waals surface area contributed by atoms with Crippen LogP contribution in [0.2, 0.25) is 0 Å². The van der Waals surface area contributed by atoms with Crippen molar-refractivity contribution >= 4 is 27.0 Å². The second-order valence-electron chi connectivity index (χ2n) is 6.25. The minimum Gasteiger partial charge on any atom is -0.368 e. The molecule has 0 saturated heterocycles. The van der Waals surface area contributed by atoms with Crippen LogP contribution in [0.1, 0.15) is 33.6 Å². The molecule has 0 saturated carbocycles. The summed E-state index contributed by atoms with van der Waals surface area (Å²) in [7, 11) is -11.0. The minimum absolute atomic E-state index is 0.202. The molecule has 0 radical (unpaired) electrons. The van der Waals surface area contributed by atoms with Gasteiger partial charge in [-0.25, -0.2) is 0 Å². The fourth-order valence-electron chi connectivity index (χ4n) is 1.50. The molecule has 0 rings (SSSR count). The third-order valence-electron chi connectivity index (χ3n) is 3.03. The zero-order chi connectivity index (χ0) is 19.4. The third-order valence-corrected chi connectivity index (χ3v) is 6.91. The molecule has 0 aliphatic rings. The Morgan fingerprint density at radius 1 is 0.958 bits per heavy atom. The van der Waals surface area contributed by atoms with Crippen LogP contribution >= 0.6 is 15.2 Å². The molecule has 0 unspecified atom stereocenters. The number of carbonyl (C=O) groups excluding carboxylic acids is 2. The Morgan fingerprint density at radius 3 is 1.79 bits per heavy atom. The van der Waals surface area contributed by atoms with Gasteiger partial charge in [0.2, 0.25) is 11.8 Å². The number of rotatable bonds is 8. The highest BCUT2D eigenvalue weighted by molar-refractivity contribution is 7.72. The van der Waals surface area contributed by atoms with Crippen LogP contribution in [0.15, 0.2) is 0 Å². The predicted octanol–water partition coefficient (Wildman–Crippen LogP) is -0.953. The molecule has 24 heavy (non-hydrogen) atoms. The van der Waals surface area contributed by atoms with Gasteiger partial charge < -0.3 is 35.3 Å². The summed E-state index contributed by atoms with van der Waals surface area (Å²) in [4.78, 5) is 58.8. The van der Waals surface area contributed by atoms with Crippen LogP contribution in [-0.4, -0.2) is 54.7 Å². The maximum absolute atomic E-state index is 11.6. The van der Waals surface area contributed by atoms with E-state index in [0.717, 1.165) is 0 Å². The summed E-state index contributed by atoms with van der Waals surface area (Å²) in [6, 6.07) is 0. The number of nitrogens with one attached hydrogen (secondary N) is 2. The average Bonchev–Trinajstić information content (AvgIpc) is 2.36. The molecule has 0 atom stereocenters. The van der Waals surface area contributed by atoms with Crippen molar-refractivity contribution in [3.8, 4) is 0 Å². The van der Waals surface area contributed by atoms with Crippen LogP contribution in [0.25, 0.3) is 0 Å². The quantitative estimate of drug-likeness (QED) is 0.202. The molecule has 7 N–H and O–H groups in total. The van der Waals surface area contributed by atoms with Crippen LogP contribution in [0.4, 0.5) is 0 Å². The van der Waals surface area contributed by atoms with Gasteiger partial charge in [-0.2, -0.15) is 0 Å². The first-order chi connectivity index (χ1) is 10.5. The fraction of sp³-hybridized carbons (Fsp3) is 0.818. The zero-order valence-corrected chi connectivity index (χ0v) is 15.4. The van der Waals surface area contributed by atoms with Gasteiger partial charge in [-0.3, -0.25) is 18.7 Å². The van der Waals surface area contributed by atoms with Crippen LogP contribution in [0.3, 0.4) is 0 Å². The highest BCUT2D eigenvalue weighted by Crippen LogP contribution is 2.69. The molecule has 142 valence electrons. The lowest BCUT2D eigenvalue weighted by atomic mass is 9.96. The molecule has 0 spiro atoms. The fourth-order valence-corrected chi connectivity index (χ4v) is 3.76. The van der Waals surface area contributed by atoms with E-state index in [4.69, 9.17) is 19.6 Å². The lowest BCUT2D eigenvalue weighted by Gasteiger charge is -2.29. The van der Waals surface area contributed by atoms with Gasteiger partial charge in [0.1, 0.15) is 0 Å². The zero-order valence-electron chi connectivity index (χ0n) is 13.6. The van der Waals surface area contributed by atoms with E-state index in [0.29, 0.717) is 0 Å². The Morgan fingerprint density at radius 2 is 1.42 bits per heavy atom. The third kappa shape index (κ3) is 6.60. The van der Waals surface area contributed by atoms with Crippen LogP contribution in [0, 0.1) is 5.41 Å². The molecule has 13 heteroatoms. The molecule has 11 nitrogen and oxygen atoms in total. The molecule has 0 aliphatic carbocycles. The summed E-state index contributed by atoms with van der Waals surface area (Å²) >= 11 is 0. The number of carbonyl (C=O) groups is 2. The summed E-state index contributed by atoms with van der Waals surface area (Å²) in [5, 5.41) is 10.8. The van der Waals surface area contributed by atoms with E-state index in [1.165, 1.54) is 0 Å². The highest BCUT2D eigenvalue weighted by Gasteiger charge is 2.58. The second kappa shape index (κ2) is 8.05. The highest BCUT2D eigenvalue weighted by atomic mass is 31.2. The number of hydrogen-bond donors (Lipinski definition) is 7. The topological polar surface area (TPSA) is 193 Å². The van der Waals surface area contributed by atoms with Crippen molar-refractivity contribution in [2.45, 2.75) is 38.7 Å². The van der Waals surface area contributed by atoms with E-state index >= 15 is 0 Å². The van der Waals surface area contributed by atoms with E-state index in [2.05, 4.69) is 10.6 Å². The van der Waals surface area contributed by atoms with Crippen molar-refractivity contribution in [1.82, 2.24) is 10.6 Å². The van der Waals surface area contributed by atoms with Crippen molar-refractivity contribution in [1.29, 1.82) is 0 Å². The second-order valence-corrected chi connectivity index (χ2v) is 10.3. The van der Waals surface area contributed by atoms with Gasteiger partial charge in [-0.05, 0) is 6.42 Å². The summed E-state index contributed by atoms with van der Waals surface area (Å²) in [5.74, 6) is -0.946. The Hall–Kier alpha value is -0.800. The maximum atomic E-state index is 11.6. The van der Waals surface area contributed by atoms with Crippen LogP contribution in [-0.2, 0) is 18.7 Å². The van der Waals surface area contributed by atoms with Crippen LogP contribution in [0.5, 0.6) is 0 Å². The maximum Gasteiger partial charge on any atom is 0.369 e. The standard InChI is InChI=1S/C11H24N2O9P2/c1-10(2,3)9(15)13-7-8(14)12-6-4-5-11(16,23(17,18)19)24(20,21)22/h16H,4-7H2,1-3H3,(H,12,14)(H,13,15)(H2,17,18,19)(H2,20,21,22). The molecular weight excluding hydrogens is 366 g/mol. The molecular formula is C11H24N2O9P2. The van der Waals surface area contributed by atoms with E-state index in [1.54, 1.807) is 20.8 Å². The molecule has 0 fully saturated rings. The normalized spacial score (nSPS) is 13.5. The minimum atomic E-state index is -5.49. The lowest BCUT2D eigenvalue weighted by Crippen LogP contribution is -2.42. The number of hydrogen-bond acceptors (Lipinski definition) is 5. The van der Waals surface area contributed by atoms with Crippen molar-refractivity contribution < 1.29 is 43.4 Å². The average molecular weight is 390 g/mol. The summed E-state index contributed by atoms with van der Waals surface area (Å²) in [5.41, 5.74) is -0.677. The predicted molar refractivity (Wildman–Crippen MR) is 83.7 cm³/mol. The first kappa shape index (κ1) is 23.2. The summed E-state index contributed by atoms with van der Waals surface area (Å²) in [6.07, 6.45) is -1.22. The summed E-state index contributed by atoms with van der Waals surface area (Å²) < 4.78 is 22.2. The van der Waals surface area contributed by atoms with E-state index in [-0.39, 0.29) is 25.4 Å². The first-order valence-electron chi connectivity index (χ1n) is 6.91. The van der Waals surface area contributed by atoms with E-state index in [9.17, 15) is 23.8 Å². The van der Waals surface area contributed by atoms with Crippen molar-refractivity contribution in [3.05, 3.63) is 0 Å². The molecule has 0 aromatic carbocycles. The molecule has 0 aromatic heterocycles. The SMILES string of the molecule is CC(C)(C)C(=O)NCC(=O)NCCCC(O)(P(=O)(O)O)P(=O)(O)O. The largest absolute Gasteiger partial charge is 0.369 e. The Kier molecular flexibility index (Phi) is 7.78. The number of amides is 2. The molecule has 0 bridgehead atoms. The van der Waals surface area contributed by atoms with Gasteiger partial charge >= 0.3 is 15.2 Å².